The van der Waals surface area contributed by atoms with Gasteiger partial charge in [-0.3, -0.25) is 0 Å². The van der Waals surface area contributed by atoms with E-state index < -0.39 is 5.97 Å². The van der Waals surface area contributed by atoms with E-state index in [1.807, 2.05) is 6.92 Å². The van der Waals surface area contributed by atoms with E-state index in [4.69, 9.17) is 19.3 Å². The Morgan fingerprint density at radius 1 is 1.38 bits per heavy atom. The summed E-state index contributed by atoms with van der Waals surface area (Å²) < 4.78 is 16.9. The molecule has 5 nitrogen and oxygen atoms in total. The number of rotatable bonds is 9. The van der Waals surface area contributed by atoms with Gasteiger partial charge in [-0.2, -0.15) is 0 Å². The van der Waals surface area contributed by atoms with Gasteiger partial charge in [0.1, 0.15) is 0 Å². The lowest BCUT2D eigenvalue weighted by molar-refractivity contribution is -0.131. The van der Waals surface area contributed by atoms with E-state index in [2.05, 4.69) is 15.9 Å². The fourth-order valence-corrected chi connectivity index (χ4v) is 2.20. The molecule has 21 heavy (non-hydrogen) atoms. The maximum absolute atomic E-state index is 10.5. The molecule has 0 saturated carbocycles. The molecule has 0 aliphatic heterocycles. The fraction of sp³-hybridized carbons (Fsp3) is 0.400. The Kier molecular flexibility index (Phi) is 7.85. The van der Waals surface area contributed by atoms with Gasteiger partial charge in [-0.1, -0.05) is 0 Å². The van der Waals surface area contributed by atoms with Crippen LogP contribution in [-0.4, -0.2) is 38.0 Å². The lowest BCUT2D eigenvalue weighted by Gasteiger charge is -2.13. The molecule has 0 bridgehead atoms. The van der Waals surface area contributed by atoms with Crippen molar-refractivity contribution in [2.75, 3.05) is 26.9 Å². The first-order valence-corrected chi connectivity index (χ1v) is 7.36. The summed E-state index contributed by atoms with van der Waals surface area (Å²) in [7, 11) is 1.54. The zero-order valence-corrected chi connectivity index (χ0v) is 13.7. The van der Waals surface area contributed by atoms with Gasteiger partial charge in [-0.15, -0.1) is 0 Å². The zero-order chi connectivity index (χ0) is 15.7. The van der Waals surface area contributed by atoms with Crippen LogP contribution in [-0.2, 0) is 9.53 Å². The number of carboxylic acids is 1. The topological polar surface area (TPSA) is 65.0 Å². The maximum atomic E-state index is 10.5. The molecule has 0 saturated heterocycles. The third-order valence-electron chi connectivity index (χ3n) is 2.55. The standard InChI is InChI=1S/C15H19BrO5/c1-3-20-7-4-8-21-15-12(16)9-11(5-6-14(17)18)10-13(15)19-2/h5-6,9-10H,3-4,7-8H2,1-2H3,(H,17,18). The van der Waals surface area contributed by atoms with E-state index in [1.54, 1.807) is 19.2 Å². The number of ether oxygens (including phenoxy) is 3. The Bertz CT molecular complexity index is 499. The van der Waals surface area contributed by atoms with Gasteiger partial charge in [0.25, 0.3) is 0 Å². The van der Waals surface area contributed by atoms with Crippen LogP contribution in [0.2, 0.25) is 0 Å². The van der Waals surface area contributed by atoms with Gasteiger partial charge in [-0.05, 0) is 46.6 Å². The second kappa shape index (κ2) is 9.41. The van der Waals surface area contributed by atoms with E-state index in [-0.39, 0.29) is 0 Å². The highest BCUT2D eigenvalue weighted by Gasteiger charge is 2.11. The van der Waals surface area contributed by atoms with Crippen molar-refractivity contribution < 1.29 is 24.1 Å². The van der Waals surface area contributed by atoms with Crippen LogP contribution in [0.25, 0.3) is 6.08 Å². The summed E-state index contributed by atoms with van der Waals surface area (Å²) >= 11 is 3.41. The van der Waals surface area contributed by atoms with Crippen LogP contribution in [0.3, 0.4) is 0 Å². The zero-order valence-electron chi connectivity index (χ0n) is 12.1. The summed E-state index contributed by atoms with van der Waals surface area (Å²) in [6.07, 6.45) is 3.35. The van der Waals surface area contributed by atoms with Crippen LogP contribution >= 0.6 is 15.9 Å². The molecule has 0 fully saturated rings. The largest absolute Gasteiger partial charge is 0.493 e. The summed E-state index contributed by atoms with van der Waals surface area (Å²) in [5.74, 6) is 0.147. The Morgan fingerprint density at radius 3 is 2.76 bits per heavy atom. The number of carbonyl (C=O) groups is 1. The molecule has 0 amide bonds. The van der Waals surface area contributed by atoms with Crippen molar-refractivity contribution in [3.63, 3.8) is 0 Å². The molecule has 0 aromatic heterocycles. The Morgan fingerprint density at radius 2 is 2.14 bits per heavy atom. The molecule has 0 spiro atoms. The van der Waals surface area contributed by atoms with Gasteiger partial charge in [0.15, 0.2) is 11.5 Å². The average Bonchev–Trinajstić information content (AvgIpc) is 2.46. The molecule has 116 valence electrons. The third-order valence-corrected chi connectivity index (χ3v) is 3.14. The second-order valence-electron chi connectivity index (χ2n) is 4.10. The molecule has 1 rings (SSSR count). The second-order valence-corrected chi connectivity index (χ2v) is 4.96. The van der Waals surface area contributed by atoms with Crippen LogP contribution in [0.15, 0.2) is 22.7 Å². The Balaban J connectivity index is 2.77. The van der Waals surface area contributed by atoms with Crippen molar-refractivity contribution in [3.8, 4) is 11.5 Å². The molecular formula is C15H19BrO5. The summed E-state index contributed by atoms with van der Waals surface area (Å²) in [6.45, 7) is 3.80. The molecule has 0 heterocycles. The van der Waals surface area contributed by atoms with Gasteiger partial charge in [0, 0.05) is 25.7 Å². The molecule has 0 aliphatic carbocycles. The summed E-state index contributed by atoms with van der Waals surface area (Å²) in [5, 5.41) is 8.65. The van der Waals surface area contributed by atoms with E-state index in [0.717, 1.165) is 12.5 Å². The number of benzene rings is 1. The van der Waals surface area contributed by atoms with Crippen molar-refractivity contribution in [3.05, 3.63) is 28.2 Å². The molecule has 0 unspecified atom stereocenters. The van der Waals surface area contributed by atoms with Crippen LogP contribution in [0.5, 0.6) is 11.5 Å². The first-order chi connectivity index (χ1) is 10.1. The Labute approximate surface area is 132 Å². The highest BCUT2D eigenvalue weighted by molar-refractivity contribution is 9.10. The van der Waals surface area contributed by atoms with Crippen molar-refractivity contribution in [1.29, 1.82) is 0 Å². The minimum Gasteiger partial charge on any atom is -0.493 e. The maximum Gasteiger partial charge on any atom is 0.328 e. The lowest BCUT2D eigenvalue weighted by atomic mass is 10.2. The fourth-order valence-electron chi connectivity index (χ4n) is 1.62. The van der Waals surface area contributed by atoms with E-state index in [1.165, 1.54) is 6.08 Å². The number of hydrogen-bond acceptors (Lipinski definition) is 4. The monoisotopic (exact) mass is 358 g/mol. The molecule has 6 heteroatoms. The summed E-state index contributed by atoms with van der Waals surface area (Å²) in [4.78, 5) is 10.5. The molecular weight excluding hydrogens is 340 g/mol. The number of carboxylic acid groups (broad SMARTS) is 1. The predicted octanol–water partition coefficient (Wildman–Crippen LogP) is 3.36. The molecule has 1 N–H and O–H groups in total. The van der Waals surface area contributed by atoms with Crippen molar-refractivity contribution in [2.45, 2.75) is 13.3 Å². The Hall–Kier alpha value is -1.53. The number of aliphatic carboxylic acids is 1. The van der Waals surface area contributed by atoms with Crippen LogP contribution in [0, 0.1) is 0 Å². The third kappa shape index (κ3) is 6.18. The molecule has 0 radical (unpaired) electrons. The first kappa shape index (κ1) is 17.5. The summed E-state index contributed by atoms with van der Waals surface area (Å²) in [5.41, 5.74) is 0.711. The molecule has 1 aromatic carbocycles. The van der Waals surface area contributed by atoms with Crippen LogP contribution in [0.1, 0.15) is 18.9 Å². The smallest absolute Gasteiger partial charge is 0.328 e. The predicted molar refractivity (Wildman–Crippen MR) is 84.0 cm³/mol. The van der Waals surface area contributed by atoms with Gasteiger partial charge < -0.3 is 19.3 Å². The quantitative estimate of drug-likeness (QED) is 0.541. The minimum absolute atomic E-state index is 0.513. The van der Waals surface area contributed by atoms with E-state index in [9.17, 15) is 4.79 Å². The lowest BCUT2D eigenvalue weighted by Crippen LogP contribution is -2.04. The first-order valence-electron chi connectivity index (χ1n) is 6.57. The average molecular weight is 359 g/mol. The minimum atomic E-state index is -0.999. The van der Waals surface area contributed by atoms with E-state index in [0.29, 0.717) is 41.4 Å². The van der Waals surface area contributed by atoms with Gasteiger partial charge in [0.05, 0.1) is 18.2 Å². The number of methoxy groups -OCH3 is 1. The molecule has 0 atom stereocenters. The highest BCUT2D eigenvalue weighted by Crippen LogP contribution is 2.37. The van der Waals surface area contributed by atoms with Gasteiger partial charge in [-0.25, -0.2) is 4.79 Å². The highest BCUT2D eigenvalue weighted by atomic mass is 79.9. The SMILES string of the molecule is CCOCCCOc1c(Br)cc(C=CC(=O)O)cc1OC. The van der Waals surface area contributed by atoms with Gasteiger partial charge >= 0.3 is 5.97 Å². The van der Waals surface area contributed by atoms with Crippen LogP contribution in [0.4, 0.5) is 0 Å². The van der Waals surface area contributed by atoms with Gasteiger partial charge in [0.2, 0.25) is 0 Å². The number of halogens is 1. The normalized spacial score (nSPS) is 10.8. The van der Waals surface area contributed by atoms with Crippen molar-refractivity contribution >= 4 is 28.0 Å². The number of hydrogen-bond donors (Lipinski definition) is 1. The van der Waals surface area contributed by atoms with Crippen LogP contribution < -0.4 is 9.47 Å². The van der Waals surface area contributed by atoms with Crippen molar-refractivity contribution in [2.24, 2.45) is 0 Å². The van der Waals surface area contributed by atoms with Crippen molar-refractivity contribution in [1.82, 2.24) is 0 Å². The molecule has 0 aliphatic rings. The summed E-state index contributed by atoms with van der Waals surface area (Å²) in [6, 6.07) is 3.50. The van der Waals surface area contributed by atoms with E-state index >= 15 is 0 Å². The molecule has 1 aromatic rings.